The fraction of sp³-hybridized carbons (Fsp3) is 0.280. The summed E-state index contributed by atoms with van der Waals surface area (Å²) in [5.74, 6) is -5.25. The van der Waals surface area contributed by atoms with Crippen LogP contribution in [0.2, 0.25) is 0 Å². The molecular weight excluding hydrogens is 527 g/mol. The Labute approximate surface area is 218 Å². The number of amides is 1. The van der Waals surface area contributed by atoms with Gasteiger partial charge in [0.25, 0.3) is 0 Å². The van der Waals surface area contributed by atoms with Gasteiger partial charge in [-0.1, -0.05) is 18.2 Å². The molecule has 1 aliphatic heterocycles. The maximum Gasteiger partial charge on any atom is 0.419 e. The number of alkyl halides is 3. The first-order valence-electron chi connectivity index (χ1n) is 11.6. The SMILES string of the molecule is COC(=O)N1CC(N(C)c2ncc3c(-c4cc(C(F)(F)F)c(F)c(O)c4F)nn(C)c3n2)Cc2ccccc21. The average molecular weight is 548 g/mol. The monoisotopic (exact) mass is 548 g/mol. The topological polar surface area (TPSA) is 96.6 Å². The Bertz CT molecular complexity index is 1610. The molecule has 0 radical (unpaired) electrons. The van der Waals surface area contributed by atoms with Gasteiger partial charge in [-0.25, -0.2) is 23.2 Å². The van der Waals surface area contributed by atoms with E-state index in [4.69, 9.17) is 4.74 Å². The Hall–Kier alpha value is -4.49. The molecule has 0 spiro atoms. The largest absolute Gasteiger partial charge is 0.503 e. The molecule has 0 bridgehead atoms. The molecule has 4 aromatic rings. The van der Waals surface area contributed by atoms with Gasteiger partial charge in [0.2, 0.25) is 5.95 Å². The smallest absolute Gasteiger partial charge is 0.419 e. The molecule has 3 heterocycles. The number of aromatic nitrogens is 4. The second-order valence-electron chi connectivity index (χ2n) is 9.00. The van der Waals surface area contributed by atoms with E-state index >= 15 is 0 Å². The van der Waals surface area contributed by atoms with Crippen LogP contribution in [0, 0.1) is 11.6 Å². The summed E-state index contributed by atoms with van der Waals surface area (Å²) in [7, 11) is 4.46. The van der Waals surface area contributed by atoms with E-state index in [0.29, 0.717) is 6.42 Å². The van der Waals surface area contributed by atoms with Crippen molar-refractivity contribution < 1.29 is 36.6 Å². The molecular formula is C25H21F5N6O3. The van der Waals surface area contributed by atoms with Gasteiger partial charge in [0.05, 0.1) is 36.3 Å². The summed E-state index contributed by atoms with van der Waals surface area (Å²) in [6, 6.07) is 7.37. The predicted octanol–water partition coefficient (Wildman–Crippen LogP) is 4.67. The highest BCUT2D eigenvalue weighted by atomic mass is 19.4. The highest BCUT2D eigenvalue weighted by Crippen LogP contribution is 2.41. The van der Waals surface area contributed by atoms with Crippen LogP contribution in [0.25, 0.3) is 22.3 Å². The molecule has 204 valence electrons. The molecule has 5 rings (SSSR count). The van der Waals surface area contributed by atoms with Crippen LogP contribution in [0.5, 0.6) is 5.75 Å². The Kier molecular flexibility index (Phi) is 6.27. The second-order valence-corrected chi connectivity index (χ2v) is 9.00. The summed E-state index contributed by atoms with van der Waals surface area (Å²) in [6.07, 6.45) is -3.90. The Balaban J connectivity index is 1.54. The Morgan fingerprint density at radius 2 is 1.92 bits per heavy atom. The number of phenolic OH excluding ortho intramolecular Hbond substituents is 1. The summed E-state index contributed by atoms with van der Waals surface area (Å²) in [4.78, 5) is 24.5. The molecule has 1 unspecified atom stereocenters. The molecule has 0 fully saturated rings. The third-order valence-electron chi connectivity index (χ3n) is 6.69. The lowest BCUT2D eigenvalue weighted by Gasteiger charge is -2.38. The zero-order valence-electron chi connectivity index (χ0n) is 20.8. The fourth-order valence-electron chi connectivity index (χ4n) is 4.68. The summed E-state index contributed by atoms with van der Waals surface area (Å²) >= 11 is 0. The van der Waals surface area contributed by atoms with Crippen LogP contribution in [0.1, 0.15) is 11.1 Å². The van der Waals surface area contributed by atoms with E-state index in [-0.39, 0.29) is 41.3 Å². The number of halogens is 5. The number of hydrogen-bond acceptors (Lipinski definition) is 7. The lowest BCUT2D eigenvalue weighted by atomic mass is 9.97. The van der Waals surface area contributed by atoms with Crippen LogP contribution in [-0.2, 0) is 24.4 Å². The van der Waals surface area contributed by atoms with Gasteiger partial charge < -0.3 is 14.7 Å². The molecule has 1 atom stereocenters. The number of ether oxygens (including phenoxy) is 1. The number of anilines is 2. The number of methoxy groups -OCH3 is 1. The second kappa shape index (κ2) is 9.36. The number of phenols is 1. The van der Waals surface area contributed by atoms with Crippen LogP contribution in [0.15, 0.2) is 36.5 Å². The Morgan fingerprint density at radius 3 is 2.62 bits per heavy atom. The Morgan fingerprint density at radius 1 is 1.21 bits per heavy atom. The fourth-order valence-corrected chi connectivity index (χ4v) is 4.68. The quantitative estimate of drug-likeness (QED) is 0.372. The lowest BCUT2D eigenvalue weighted by molar-refractivity contribution is -0.140. The van der Waals surface area contributed by atoms with Gasteiger partial charge in [-0.3, -0.25) is 4.90 Å². The minimum absolute atomic E-state index is 0.0814. The summed E-state index contributed by atoms with van der Waals surface area (Å²) < 4.78 is 74.9. The van der Waals surface area contributed by atoms with Crippen LogP contribution in [0.4, 0.5) is 38.4 Å². The molecule has 0 saturated heterocycles. The first-order chi connectivity index (χ1) is 18.4. The number of carbonyl (C=O) groups is 1. The zero-order valence-corrected chi connectivity index (χ0v) is 20.8. The minimum Gasteiger partial charge on any atom is -0.503 e. The van der Waals surface area contributed by atoms with Crippen LogP contribution in [0.3, 0.4) is 0 Å². The van der Waals surface area contributed by atoms with E-state index in [1.807, 2.05) is 24.3 Å². The molecule has 14 heteroatoms. The van der Waals surface area contributed by atoms with Crippen LogP contribution in [-0.4, -0.2) is 57.7 Å². The van der Waals surface area contributed by atoms with Gasteiger partial charge >= 0.3 is 12.3 Å². The van der Waals surface area contributed by atoms with Crippen molar-refractivity contribution in [2.24, 2.45) is 7.05 Å². The maximum absolute atomic E-state index is 14.8. The van der Waals surface area contributed by atoms with Crippen molar-refractivity contribution in [2.75, 3.05) is 30.5 Å². The number of rotatable bonds is 3. The van der Waals surface area contributed by atoms with Gasteiger partial charge in [0, 0.05) is 25.9 Å². The maximum atomic E-state index is 14.8. The average Bonchev–Trinajstić information content (AvgIpc) is 3.24. The summed E-state index contributed by atoms with van der Waals surface area (Å²) in [5, 5.41) is 13.9. The molecule has 0 saturated carbocycles. The van der Waals surface area contributed by atoms with E-state index in [9.17, 15) is 31.9 Å². The molecule has 39 heavy (non-hydrogen) atoms. The van der Waals surface area contributed by atoms with E-state index in [2.05, 4.69) is 15.1 Å². The highest BCUT2D eigenvalue weighted by molar-refractivity contribution is 5.92. The van der Waals surface area contributed by atoms with Gasteiger partial charge in [0.15, 0.2) is 23.0 Å². The highest BCUT2D eigenvalue weighted by Gasteiger charge is 2.38. The number of hydrogen-bond donors (Lipinski definition) is 1. The molecule has 1 N–H and O–H groups in total. The van der Waals surface area contributed by atoms with Crippen molar-refractivity contribution in [2.45, 2.75) is 18.6 Å². The molecule has 1 amide bonds. The summed E-state index contributed by atoms with van der Waals surface area (Å²) in [5.41, 5.74) is -1.11. The molecule has 0 aliphatic carbocycles. The van der Waals surface area contributed by atoms with Gasteiger partial charge in [-0.15, -0.1) is 0 Å². The number of benzene rings is 2. The minimum atomic E-state index is -5.18. The number of fused-ring (bicyclic) bond motifs is 2. The molecule has 2 aromatic heterocycles. The number of para-hydroxylation sites is 1. The van der Waals surface area contributed by atoms with E-state index in [1.165, 1.54) is 29.9 Å². The number of aryl methyl sites for hydroxylation is 1. The third-order valence-corrected chi connectivity index (χ3v) is 6.69. The number of aromatic hydroxyl groups is 1. The van der Waals surface area contributed by atoms with Crippen molar-refractivity contribution in [3.05, 3.63) is 59.3 Å². The number of likely N-dealkylation sites (N-methyl/N-ethyl adjacent to an activating group) is 1. The van der Waals surface area contributed by atoms with E-state index in [0.717, 1.165) is 11.3 Å². The van der Waals surface area contributed by atoms with Crippen molar-refractivity contribution >= 4 is 28.8 Å². The van der Waals surface area contributed by atoms with Gasteiger partial charge in [-0.2, -0.15) is 23.3 Å². The van der Waals surface area contributed by atoms with Crippen molar-refractivity contribution in [3.63, 3.8) is 0 Å². The lowest BCUT2D eigenvalue weighted by Crippen LogP contribution is -2.49. The summed E-state index contributed by atoms with van der Waals surface area (Å²) in [6.45, 7) is 0.262. The van der Waals surface area contributed by atoms with Crippen LogP contribution < -0.4 is 9.80 Å². The van der Waals surface area contributed by atoms with Crippen molar-refractivity contribution in [3.8, 4) is 17.0 Å². The van der Waals surface area contributed by atoms with Crippen molar-refractivity contribution in [1.29, 1.82) is 0 Å². The molecule has 9 nitrogen and oxygen atoms in total. The van der Waals surface area contributed by atoms with E-state index < -0.39 is 40.8 Å². The first kappa shape index (κ1) is 26.1. The molecule has 1 aliphatic rings. The van der Waals surface area contributed by atoms with Gasteiger partial charge in [0.1, 0.15) is 5.69 Å². The predicted molar refractivity (Wildman–Crippen MR) is 130 cm³/mol. The van der Waals surface area contributed by atoms with Crippen LogP contribution >= 0.6 is 0 Å². The number of nitrogens with zero attached hydrogens (tertiary/aromatic N) is 6. The van der Waals surface area contributed by atoms with Gasteiger partial charge in [-0.05, 0) is 24.1 Å². The normalized spacial score (nSPS) is 15.4. The standard InChI is InChI=1S/C25H21F5N6O3/c1-34(13-8-12-6-4-5-7-17(12)36(11-13)24(38)39-3)23-31-10-15-20(33-35(2)22(15)32-23)14-9-16(25(28,29)30)19(27)21(37)18(14)26/h4-7,9-10,13,37H,8,11H2,1-3H3. The van der Waals surface area contributed by atoms with E-state index in [1.54, 1.807) is 11.9 Å². The zero-order chi connectivity index (χ0) is 28.2. The third kappa shape index (κ3) is 4.34. The van der Waals surface area contributed by atoms with Crippen molar-refractivity contribution in [1.82, 2.24) is 19.7 Å². The molecule has 2 aromatic carbocycles. The number of carbonyl (C=O) groups excluding carboxylic acids is 1. The first-order valence-corrected chi connectivity index (χ1v) is 11.6.